The molecule has 0 bridgehead atoms. The molecule has 1 heterocycles. The maximum Gasteiger partial charge on any atom is 0.223 e. The van der Waals surface area contributed by atoms with E-state index in [1.807, 2.05) is 24.8 Å². The van der Waals surface area contributed by atoms with Crippen molar-refractivity contribution in [3.8, 4) is 11.5 Å². The summed E-state index contributed by atoms with van der Waals surface area (Å²) < 4.78 is 11.4. The third kappa shape index (κ3) is 4.63. The van der Waals surface area contributed by atoms with Gasteiger partial charge in [-0.3, -0.25) is 4.79 Å². The topological polar surface area (TPSA) is 64.8 Å². The summed E-state index contributed by atoms with van der Waals surface area (Å²) in [6, 6.07) is 4.32. The van der Waals surface area contributed by atoms with E-state index >= 15 is 0 Å². The van der Waals surface area contributed by atoms with Gasteiger partial charge in [0.25, 0.3) is 0 Å². The lowest BCUT2D eigenvalue weighted by atomic mass is 9.96. The fraction of sp³-hybridized carbons (Fsp3) is 0.650. The molecular weight excluding hydrogens is 352 g/mol. The van der Waals surface area contributed by atoms with E-state index in [0.29, 0.717) is 32.1 Å². The maximum atomic E-state index is 12.7. The second-order valence-electron chi connectivity index (χ2n) is 7.06. The lowest BCUT2D eigenvalue weighted by Crippen LogP contribution is -2.38. The second-order valence-corrected chi connectivity index (χ2v) is 7.06. The summed E-state index contributed by atoms with van der Waals surface area (Å²) in [7, 11) is 0. The highest BCUT2D eigenvalue weighted by molar-refractivity contribution is 5.85. The zero-order chi connectivity index (χ0) is 17.8. The largest absolute Gasteiger partial charge is 0.490 e. The average Bonchev–Trinajstić information content (AvgIpc) is 3.00. The van der Waals surface area contributed by atoms with E-state index in [2.05, 4.69) is 6.07 Å². The smallest absolute Gasteiger partial charge is 0.223 e. The van der Waals surface area contributed by atoms with Crippen molar-refractivity contribution >= 4 is 18.3 Å². The number of hydrogen-bond donors (Lipinski definition) is 1. The first-order chi connectivity index (χ1) is 12.1. The Labute approximate surface area is 162 Å². The summed E-state index contributed by atoms with van der Waals surface area (Å²) in [5.41, 5.74) is 8.56. The Hall–Kier alpha value is -1.46. The van der Waals surface area contributed by atoms with Crippen molar-refractivity contribution in [2.45, 2.75) is 58.5 Å². The van der Waals surface area contributed by atoms with Crippen LogP contribution in [0.25, 0.3) is 0 Å². The minimum absolute atomic E-state index is 0. The molecule has 0 unspecified atom stereocenters. The molecule has 0 aromatic heterocycles. The lowest BCUT2D eigenvalue weighted by molar-refractivity contribution is -0.133. The molecule has 0 saturated heterocycles. The van der Waals surface area contributed by atoms with E-state index < -0.39 is 0 Å². The first-order valence-corrected chi connectivity index (χ1v) is 9.57. The van der Waals surface area contributed by atoms with Crippen LogP contribution in [0.3, 0.4) is 0 Å². The van der Waals surface area contributed by atoms with E-state index in [-0.39, 0.29) is 24.4 Å². The van der Waals surface area contributed by atoms with Crippen LogP contribution >= 0.6 is 12.4 Å². The van der Waals surface area contributed by atoms with Gasteiger partial charge < -0.3 is 20.1 Å². The minimum atomic E-state index is 0. The minimum Gasteiger partial charge on any atom is -0.490 e. The van der Waals surface area contributed by atoms with Crippen LogP contribution in [-0.4, -0.2) is 36.6 Å². The molecule has 3 rings (SSSR count). The highest BCUT2D eigenvalue weighted by Crippen LogP contribution is 2.34. The number of fused-ring (bicyclic) bond motifs is 1. The molecule has 1 amide bonds. The monoisotopic (exact) mass is 382 g/mol. The van der Waals surface area contributed by atoms with E-state index in [9.17, 15) is 4.79 Å². The van der Waals surface area contributed by atoms with E-state index in [0.717, 1.165) is 43.7 Å². The van der Waals surface area contributed by atoms with Crippen molar-refractivity contribution in [3.05, 3.63) is 23.3 Å². The Morgan fingerprint density at radius 1 is 1.15 bits per heavy atom. The van der Waals surface area contributed by atoms with E-state index in [1.54, 1.807) is 0 Å². The fourth-order valence-electron chi connectivity index (χ4n) is 3.99. The van der Waals surface area contributed by atoms with Crippen molar-refractivity contribution in [3.63, 3.8) is 0 Å². The average molecular weight is 383 g/mol. The Kier molecular flexibility index (Phi) is 7.59. The van der Waals surface area contributed by atoms with Crippen molar-refractivity contribution in [1.29, 1.82) is 0 Å². The molecule has 2 N–H and O–H groups in total. The fourth-order valence-corrected chi connectivity index (χ4v) is 3.99. The predicted octanol–water partition coefficient (Wildman–Crippen LogP) is 3.31. The van der Waals surface area contributed by atoms with E-state index in [4.69, 9.17) is 15.2 Å². The number of amides is 1. The number of halogens is 1. The van der Waals surface area contributed by atoms with Crippen molar-refractivity contribution < 1.29 is 14.3 Å². The zero-order valence-electron chi connectivity index (χ0n) is 15.8. The number of rotatable bonds is 6. The van der Waals surface area contributed by atoms with Gasteiger partial charge in [-0.25, -0.2) is 0 Å². The molecule has 1 saturated carbocycles. The van der Waals surface area contributed by atoms with Crippen molar-refractivity contribution in [1.82, 2.24) is 4.90 Å². The van der Waals surface area contributed by atoms with Gasteiger partial charge in [0.1, 0.15) is 0 Å². The molecule has 1 aromatic rings. The number of ether oxygens (including phenoxy) is 2. The quantitative estimate of drug-likeness (QED) is 0.819. The maximum absolute atomic E-state index is 12.7. The molecule has 2 atom stereocenters. The van der Waals surface area contributed by atoms with Crippen molar-refractivity contribution in [2.24, 2.45) is 11.7 Å². The van der Waals surface area contributed by atoms with Crippen LogP contribution in [-0.2, 0) is 17.8 Å². The summed E-state index contributed by atoms with van der Waals surface area (Å²) >= 11 is 0. The Bertz CT molecular complexity index is 623. The summed E-state index contributed by atoms with van der Waals surface area (Å²) in [6.07, 6.45) is 4.75. The van der Waals surface area contributed by atoms with Gasteiger partial charge in [-0.15, -0.1) is 12.4 Å². The highest BCUT2D eigenvalue weighted by atomic mass is 35.5. The lowest BCUT2D eigenvalue weighted by Gasteiger charge is -2.31. The van der Waals surface area contributed by atoms with E-state index in [1.165, 1.54) is 11.1 Å². The van der Waals surface area contributed by atoms with Crippen LogP contribution in [0.2, 0.25) is 0 Å². The van der Waals surface area contributed by atoms with Gasteiger partial charge in [0.2, 0.25) is 5.91 Å². The molecule has 26 heavy (non-hydrogen) atoms. The van der Waals surface area contributed by atoms with Crippen LogP contribution in [0.15, 0.2) is 12.1 Å². The number of hydrogen-bond acceptors (Lipinski definition) is 4. The molecule has 2 aliphatic rings. The predicted molar refractivity (Wildman–Crippen MR) is 105 cm³/mol. The Morgan fingerprint density at radius 2 is 1.81 bits per heavy atom. The number of benzene rings is 1. The molecule has 1 aliphatic carbocycles. The van der Waals surface area contributed by atoms with Crippen LogP contribution in [0.4, 0.5) is 0 Å². The van der Waals surface area contributed by atoms with Gasteiger partial charge in [0.15, 0.2) is 11.5 Å². The van der Waals surface area contributed by atoms with Gasteiger partial charge in [-0.1, -0.05) is 6.42 Å². The van der Waals surface area contributed by atoms with Gasteiger partial charge in [0, 0.05) is 25.6 Å². The molecule has 1 aliphatic heterocycles. The summed E-state index contributed by atoms with van der Waals surface area (Å²) in [5.74, 6) is 2.17. The molecule has 1 fully saturated rings. The van der Waals surface area contributed by atoms with Crippen LogP contribution in [0.1, 0.15) is 50.7 Å². The third-order valence-corrected chi connectivity index (χ3v) is 5.39. The number of nitrogens with zero attached hydrogens (tertiary/aromatic N) is 1. The van der Waals surface area contributed by atoms with Crippen LogP contribution in [0, 0.1) is 5.92 Å². The molecule has 5 nitrogen and oxygen atoms in total. The summed E-state index contributed by atoms with van der Waals surface area (Å²) in [5, 5.41) is 0. The third-order valence-electron chi connectivity index (χ3n) is 5.39. The van der Waals surface area contributed by atoms with Crippen LogP contribution < -0.4 is 15.2 Å². The van der Waals surface area contributed by atoms with Crippen LogP contribution in [0.5, 0.6) is 11.5 Å². The first-order valence-electron chi connectivity index (χ1n) is 9.57. The molecule has 1 aromatic carbocycles. The molecular formula is C20H31ClN2O3. The second kappa shape index (κ2) is 9.47. The van der Waals surface area contributed by atoms with Crippen molar-refractivity contribution in [2.75, 3.05) is 19.8 Å². The Balaban J connectivity index is 0.00000243. The SMILES string of the molecule is CCOc1cc2c(cc1OCC)CN(C(=O)C[C@@H]1CCC[C@H]1N)CC2.Cl. The standard InChI is InChI=1S/C20H30N2O3.ClH/c1-3-24-18-10-14-8-9-22(13-16(14)11-19(18)25-4-2)20(23)12-15-6-5-7-17(15)21;/h10-11,15,17H,3-9,12-13,21H2,1-2H3;1H/t15-,17+;/m0./s1. The number of carbonyl (C=O) groups is 1. The first kappa shape index (κ1) is 20.8. The Morgan fingerprint density at radius 3 is 2.38 bits per heavy atom. The molecule has 0 radical (unpaired) electrons. The summed E-state index contributed by atoms with van der Waals surface area (Å²) in [6.45, 7) is 6.58. The zero-order valence-corrected chi connectivity index (χ0v) is 16.6. The van der Waals surface area contributed by atoms with Gasteiger partial charge in [0.05, 0.1) is 13.2 Å². The summed E-state index contributed by atoms with van der Waals surface area (Å²) in [4.78, 5) is 14.7. The van der Waals surface area contributed by atoms with Gasteiger partial charge in [-0.2, -0.15) is 0 Å². The number of nitrogens with two attached hydrogens (primary N) is 1. The molecule has 6 heteroatoms. The van der Waals surface area contributed by atoms with Gasteiger partial charge in [-0.05, 0) is 62.3 Å². The highest BCUT2D eigenvalue weighted by Gasteiger charge is 2.29. The molecule has 0 spiro atoms. The number of carbonyl (C=O) groups excluding carboxylic acids is 1. The van der Waals surface area contributed by atoms with Gasteiger partial charge >= 0.3 is 0 Å². The normalized spacial score (nSPS) is 21.7. The molecule has 146 valence electrons.